The normalized spacial score (nSPS) is 18.2. The summed E-state index contributed by atoms with van der Waals surface area (Å²) in [6.07, 6.45) is 4.04. The summed E-state index contributed by atoms with van der Waals surface area (Å²) in [6, 6.07) is 5.60. The minimum atomic E-state index is 0.505. The lowest BCUT2D eigenvalue weighted by Gasteiger charge is -2.38. The fourth-order valence-corrected chi connectivity index (χ4v) is 2.51. The highest BCUT2D eigenvalue weighted by Gasteiger charge is 2.30. The average Bonchev–Trinajstić information content (AvgIpc) is 2.21. The van der Waals surface area contributed by atoms with Crippen LogP contribution in [0.1, 0.15) is 31.7 Å². The van der Waals surface area contributed by atoms with E-state index >= 15 is 0 Å². The Labute approximate surface area is 107 Å². The maximum atomic E-state index is 6.10. The van der Waals surface area contributed by atoms with Crippen LogP contribution in [0.2, 0.25) is 10.0 Å². The van der Waals surface area contributed by atoms with Crippen LogP contribution in [-0.4, -0.2) is 6.54 Å². The number of hydrogen-bond acceptors (Lipinski definition) is 1. The molecule has 0 radical (unpaired) electrons. The van der Waals surface area contributed by atoms with Gasteiger partial charge in [0.25, 0.3) is 0 Å². The lowest BCUT2D eigenvalue weighted by atomic mass is 9.70. The molecule has 1 aliphatic rings. The topological polar surface area (TPSA) is 12.0 Å². The Morgan fingerprint density at radius 3 is 2.69 bits per heavy atom. The minimum Gasteiger partial charge on any atom is -0.312 e. The molecular weight excluding hydrogens is 241 g/mol. The summed E-state index contributed by atoms with van der Waals surface area (Å²) in [6.45, 7) is 4.20. The third-order valence-corrected chi connectivity index (χ3v) is 4.04. The van der Waals surface area contributed by atoms with E-state index in [9.17, 15) is 0 Å². The third kappa shape index (κ3) is 2.91. The standard InChI is InChI=1S/C13H17Cl2N/c1-13(5-2-6-13)9-16-8-10-7-11(14)3-4-12(10)15/h3-4,7,16H,2,5-6,8-9H2,1H3. The van der Waals surface area contributed by atoms with Gasteiger partial charge in [0.15, 0.2) is 0 Å². The zero-order chi connectivity index (χ0) is 11.6. The highest BCUT2D eigenvalue weighted by atomic mass is 35.5. The van der Waals surface area contributed by atoms with E-state index in [0.29, 0.717) is 5.41 Å². The van der Waals surface area contributed by atoms with Crippen molar-refractivity contribution in [2.24, 2.45) is 5.41 Å². The Bertz CT molecular complexity index is 372. The second-order valence-electron chi connectivity index (χ2n) is 5.00. The maximum Gasteiger partial charge on any atom is 0.0451 e. The molecular formula is C13H17Cl2N. The quantitative estimate of drug-likeness (QED) is 0.850. The van der Waals surface area contributed by atoms with E-state index in [2.05, 4.69) is 12.2 Å². The number of halogens is 2. The van der Waals surface area contributed by atoms with Gasteiger partial charge in [-0.15, -0.1) is 0 Å². The van der Waals surface area contributed by atoms with E-state index in [4.69, 9.17) is 23.2 Å². The molecule has 1 aromatic rings. The summed E-state index contributed by atoms with van der Waals surface area (Å²) in [5.41, 5.74) is 1.59. The van der Waals surface area contributed by atoms with Crippen LogP contribution in [0.4, 0.5) is 0 Å². The molecule has 1 fully saturated rings. The van der Waals surface area contributed by atoms with E-state index in [-0.39, 0.29) is 0 Å². The molecule has 2 rings (SSSR count). The molecule has 1 saturated carbocycles. The van der Waals surface area contributed by atoms with Crippen LogP contribution in [0.3, 0.4) is 0 Å². The van der Waals surface area contributed by atoms with Gasteiger partial charge in [-0.1, -0.05) is 36.5 Å². The van der Waals surface area contributed by atoms with Crippen molar-refractivity contribution < 1.29 is 0 Å². The van der Waals surface area contributed by atoms with Crippen molar-refractivity contribution in [2.45, 2.75) is 32.7 Å². The molecule has 0 saturated heterocycles. The summed E-state index contributed by atoms with van der Waals surface area (Å²) in [5, 5.41) is 5.00. The van der Waals surface area contributed by atoms with Crippen molar-refractivity contribution in [3.8, 4) is 0 Å². The Kier molecular flexibility index (Phi) is 3.78. The molecule has 0 spiro atoms. The predicted molar refractivity (Wildman–Crippen MR) is 70.1 cm³/mol. The fraction of sp³-hybridized carbons (Fsp3) is 0.538. The van der Waals surface area contributed by atoms with Crippen LogP contribution >= 0.6 is 23.2 Å². The van der Waals surface area contributed by atoms with E-state index in [1.165, 1.54) is 19.3 Å². The summed E-state index contributed by atoms with van der Waals surface area (Å²) in [7, 11) is 0. The van der Waals surface area contributed by atoms with Gasteiger partial charge in [0, 0.05) is 23.1 Å². The van der Waals surface area contributed by atoms with Crippen LogP contribution in [0.5, 0.6) is 0 Å². The van der Waals surface area contributed by atoms with Crippen LogP contribution in [0.25, 0.3) is 0 Å². The molecule has 0 amide bonds. The highest BCUT2D eigenvalue weighted by molar-refractivity contribution is 6.33. The fourth-order valence-electron chi connectivity index (χ4n) is 2.13. The van der Waals surface area contributed by atoms with Gasteiger partial charge in [-0.05, 0) is 42.0 Å². The second kappa shape index (κ2) is 4.95. The molecule has 16 heavy (non-hydrogen) atoms. The monoisotopic (exact) mass is 257 g/mol. The van der Waals surface area contributed by atoms with E-state index in [1.54, 1.807) is 0 Å². The smallest absolute Gasteiger partial charge is 0.0451 e. The zero-order valence-corrected chi connectivity index (χ0v) is 11.0. The van der Waals surface area contributed by atoms with Crippen molar-refractivity contribution >= 4 is 23.2 Å². The molecule has 1 aromatic carbocycles. The summed E-state index contributed by atoms with van der Waals surface area (Å²) in [5.74, 6) is 0. The maximum absolute atomic E-state index is 6.10. The summed E-state index contributed by atoms with van der Waals surface area (Å²) >= 11 is 12.0. The molecule has 1 aliphatic carbocycles. The largest absolute Gasteiger partial charge is 0.312 e. The van der Waals surface area contributed by atoms with Crippen molar-refractivity contribution in [1.82, 2.24) is 5.32 Å². The van der Waals surface area contributed by atoms with Crippen molar-refractivity contribution in [2.75, 3.05) is 6.54 Å². The Morgan fingerprint density at radius 2 is 2.06 bits per heavy atom. The van der Waals surface area contributed by atoms with Crippen LogP contribution in [0.15, 0.2) is 18.2 Å². The summed E-state index contributed by atoms with van der Waals surface area (Å²) < 4.78 is 0. The lowest BCUT2D eigenvalue weighted by molar-refractivity contribution is 0.156. The van der Waals surface area contributed by atoms with E-state index in [0.717, 1.165) is 28.7 Å². The minimum absolute atomic E-state index is 0.505. The first-order chi connectivity index (χ1) is 7.59. The van der Waals surface area contributed by atoms with E-state index in [1.807, 2.05) is 18.2 Å². The van der Waals surface area contributed by atoms with Gasteiger partial charge in [-0.2, -0.15) is 0 Å². The van der Waals surface area contributed by atoms with Gasteiger partial charge in [0.1, 0.15) is 0 Å². The van der Waals surface area contributed by atoms with Crippen LogP contribution in [0, 0.1) is 5.41 Å². The number of rotatable bonds is 4. The van der Waals surface area contributed by atoms with Crippen molar-refractivity contribution in [1.29, 1.82) is 0 Å². The SMILES string of the molecule is CC1(CNCc2cc(Cl)ccc2Cl)CCC1. The van der Waals surface area contributed by atoms with Crippen LogP contribution in [-0.2, 0) is 6.54 Å². The molecule has 3 heteroatoms. The molecule has 0 unspecified atom stereocenters. The van der Waals surface area contributed by atoms with Gasteiger partial charge < -0.3 is 5.32 Å². The van der Waals surface area contributed by atoms with Gasteiger partial charge >= 0.3 is 0 Å². The highest BCUT2D eigenvalue weighted by Crippen LogP contribution is 2.39. The van der Waals surface area contributed by atoms with Crippen LogP contribution < -0.4 is 5.32 Å². The number of hydrogen-bond donors (Lipinski definition) is 1. The van der Waals surface area contributed by atoms with Crippen molar-refractivity contribution in [3.63, 3.8) is 0 Å². The first kappa shape index (κ1) is 12.2. The van der Waals surface area contributed by atoms with Gasteiger partial charge in [-0.25, -0.2) is 0 Å². The van der Waals surface area contributed by atoms with Gasteiger partial charge in [0.2, 0.25) is 0 Å². The zero-order valence-electron chi connectivity index (χ0n) is 9.52. The predicted octanol–water partition coefficient (Wildman–Crippen LogP) is 4.27. The third-order valence-electron chi connectivity index (χ3n) is 3.44. The molecule has 1 N–H and O–H groups in total. The Hall–Kier alpha value is -0.240. The molecule has 0 heterocycles. The van der Waals surface area contributed by atoms with E-state index < -0.39 is 0 Å². The average molecular weight is 258 g/mol. The lowest BCUT2D eigenvalue weighted by Crippen LogP contribution is -2.37. The molecule has 88 valence electrons. The number of nitrogens with one attached hydrogen (secondary N) is 1. The Balaban J connectivity index is 1.87. The van der Waals surface area contributed by atoms with Gasteiger partial charge in [0.05, 0.1) is 0 Å². The van der Waals surface area contributed by atoms with Crippen molar-refractivity contribution in [3.05, 3.63) is 33.8 Å². The molecule has 1 nitrogen and oxygen atoms in total. The molecule has 0 aromatic heterocycles. The Morgan fingerprint density at radius 1 is 1.31 bits per heavy atom. The summed E-state index contributed by atoms with van der Waals surface area (Å²) in [4.78, 5) is 0. The molecule has 0 atom stereocenters. The second-order valence-corrected chi connectivity index (χ2v) is 5.85. The number of benzene rings is 1. The molecule has 0 bridgehead atoms. The first-order valence-corrected chi connectivity index (χ1v) is 6.49. The molecule has 0 aliphatic heterocycles. The first-order valence-electron chi connectivity index (χ1n) is 5.74. The van der Waals surface area contributed by atoms with Gasteiger partial charge in [-0.3, -0.25) is 0 Å².